The fraction of sp³-hybridized carbons (Fsp3) is 0.300. The van der Waals surface area contributed by atoms with Crippen molar-refractivity contribution in [1.82, 2.24) is 10.3 Å². The zero-order valence-electron chi connectivity index (χ0n) is 14.9. The minimum atomic E-state index is -0.140. The van der Waals surface area contributed by atoms with E-state index < -0.39 is 0 Å². The molecule has 3 rings (SSSR count). The second-order valence-electron chi connectivity index (χ2n) is 6.36. The first-order valence-corrected chi connectivity index (χ1v) is 8.33. The Kier molecular flexibility index (Phi) is 4.74. The molecule has 5 nitrogen and oxygen atoms in total. The van der Waals surface area contributed by atoms with Crippen molar-refractivity contribution in [3.8, 4) is 5.75 Å². The lowest BCUT2D eigenvalue weighted by atomic mass is 10.1. The molecular formula is C20H22N2O3. The van der Waals surface area contributed by atoms with Crippen LogP contribution in [0.3, 0.4) is 0 Å². The number of ether oxygens (including phenoxy) is 1. The van der Waals surface area contributed by atoms with Crippen LogP contribution < -0.4 is 10.1 Å². The maximum atomic E-state index is 12.5. The van der Waals surface area contributed by atoms with Crippen LogP contribution in [0.2, 0.25) is 0 Å². The molecule has 1 N–H and O–H groups in total. The number of carbonyl (C=O) groups excluding carboxylic acids is 1. The Hall–Kier alpha value is -2.82. The molecule has 0 aliphatic heterocycles. The average Bonchev–Trinajstić information content (AvgIpc) is 3.05. The summed E-state index contributed by atoms with van der Waals surface area (Å²) in [5.74, 6) is 1.54. The Morgan fingerprint density at radius 3 is 2.48 bits per heavy atom. The number of oxazole rings is 1. The summed E-state index contributed by atoms with van der Waals surface area (Å²) < 4.78 is 10.8. The van der Waals surface area contributed by atoms with Gasteiger partial charge in [0, 0.05) is 11.5 Å². The van der Waals surface area contributed by atoms with E-state index in [1.54, 1.807) is 25.3 Å². The third-order valence-electron chi connectivity index (χ3n) is 4.12. The van der Waals surface area contributed by atoms with Gasteiger partial charge < -0.3 is 14.5 Å². The molecule has 0 spiro atoms. The van der Waals surface area contributed by atoms with Gasteiger partial charge in [-0.15, -0.1) is 0 Å². The van der Waals surface area contributed by atoms with E-state index in [4.69, 9.17) is 9.15 Å². The van der Waals surface area contributed by atoms with Crippen LogP contribution in [-0.2, 0) is 0 Å². The smallest absolute Gasteiger partial charge is 0.251 e. The number of aromatic nitrogens is 1. The van der Waals surface area contributed by atoms with Crippen LogP contribution in [0.4, 0.5) is 0 Å². The van der Waals surface area contributed by atoms with Crippen molar-refractivity contribution < 1.29 is 13.9 Å². The van der Waals surface area contributed by atoms with Crippen LogP contribution in [0.1, 0.15) is 54.5 Å². The molecule has 2 aromatic carbocycles. The van der Waals surface area contributed by atoms with E-state index >= 15 is 0 Å². The van der Waals surface area contributed by atoms with E-state index in [2.05, 4.69) is 10.3 Å². The number of nitrogens with zero attached hydrogens (tertiary/aromatic N) is 1. The highest BCUT2D eigenvalue weighted by Gasteiger charge is 2.15. The lowest BCUT2D eigenvalue weighted by Crippen LogP contribution is -2.26. The van der Waals surface area contributed by atoms with E-state index in [0.717, 1.165) is 11.3 Å². The van der Waals surface area contributed by atoms with Crippen molar-refractivity contribution >= 4 is 17.0 Å². The van der Waals surface area contributed by atoms with Crippen molar-refractivity contribution in [2.75, 3.05) is 7.11 Å². The van der Waals surface area contributed by atoms with Gasteiger partial charge in [-0.1, -0.05) is 26.0 Å². The van der Waals surface area contributed by atoms with Gasteiger partial charge in [-0.2, -0.15) is 0 Å². The Morgan fingerprint density at radius 2 is 1.84 bits per heavy atom. The van der Waals surface area contributed by atoms with Crippen molar-refractivity contribution in [2.24, 2.45) is 0 Å². The molecule has 1 heterocycles. The number of rotatable bonds is 5. The number of nitrogens with one attached hydrogen (secondary N) is 1. The molecule has 1 aromatic heterocycles. The number of hydrogen-bond donors (Lipinski definition) is 1. The molecule has 0 aliphatic carbocycles. The van der Waals surface area contributed by atoms with E-state index in [1.165, 1.54) is 0 Å². The van der Waals surface area contributed by atoms with E-state index in [1.807, 2.05) is 45.0 Å². The maximum Gasteiger partial charge on any atom is 0.251 e. The predicted octanol–water partition coefficient (Wildman–Crippen LogP) is 4.45. The SMILES string of the molecule is COc1ccc([C@@H](C)NC(=O)c2ccc3oc(C(C)C)nc3c2)cc1. The Balaban J connectivity index is 1.76. The molecule has 0 bridgehead atoms. The maximum absolute atomic E-state index is 12.5. The van der Waals surface area contributed by atoms with Gasteiger partial charge in [-0.25, -0.2) is 4.98 Å². The zero-order chi connectivity index (χ0) is 18.0. The standard InChI is InChI=1S/C20H22N2O3/c1-12(2)20-22-17-11-15(7-10-18(17)25-20)19(23)21-13(3)14-5-8-16(24-4)9-6-14/h5-13H,1-4H3,(H,21,23)/t13-/m1/s1. The second kappa shape index (κ2) is 6.97. The molecule has 1 amide bonds. The number of benzene rings is 2. The first-order valence-electron chi connectivity index (χ1n) is 8.33. The summed E-state index contributed by atoms with van der Waals surface area (Å²) in [4.78, 5) is 17.0. The average molecular weight is 338 g/mol. The molecule has 0 fully saturated rings. The van der Waals surface area contributed by atoms with Gasteiger partial charge >= 0.3 is 0 Å². The van der Waals surface area contributed by atoms with E-state index in [-0.39, 0.29) is 17.9 Å². The van der Waals surface area contributed by atoms with Gasteiger partial charge in [0.25, 0.3) is 5.91 Å². The fourth-order valence-corrected chi connectivity index (χ4v) is 2.59. The number of hydrogen-bond acceptors (Lipinski definition) is 4. The molecule has 1 atom stereocenters. The normalized spacial score (nSPS) is 12.4. The molecule has 0 aliphatic rings. The molecule has 25 heavy (non-hydrogen) atoms. The van der Waals surface area contributed by atoms with Crippen molar-refractivity contribution in [3.63, 3.8) is 0 Å². The van der Waals surface area contributed by atoms with Gasteiger partial charge in [-0.05, 0) is 42.8 Å². The highest BCUT2D eigenvalue weighted by molar-refractivity contribution is 5.97. The van der Waals surface area contributed by atoms with Gasteiger partial charge in [0.05, 0.1) is 13.2 Å². The molecule has 130 valence electrons. The van der Waals surface area contributed by atoms with Gasteiger partial charge in [0.15, 0.2) is 11.5 Å². The molecule has 0 saturated carbocycles. The van der Waals surface area contributed by atoms with Gasteiger partial charge in [-0.3, -0.25) is 4.79 Å². The summed E-state index contributed by atoms with van der Waals surface area (Å²) in [5.41, 5.74) is 2.98. The molecule has 3 aromatic rings. The summed E-state index contributed by atoms with van der Waals surface area (Å²) >= 11 is 0. The Bertz CT molecular complexity index is 882. The van der Waals surface area contributed by atoms with Crippen LogP contribution in [-0.4, -0.2) is 18.0 Å². The van der Waals surface area contributed by atoms with Crippen LogP contribution in [0.25, 0.3) is 11.1 Å². The highest BCUT2D eigenvalue weighted by Crippen LogP contribution is 2.23. The van der Waals surface area contributed by atoms with Crippen LogP contribution >= 0.6 is 0 Å². The summed E-state index contributed by atoms with van der Waals surface area (Å²) in [6.07, 6.45) is 0. The quantitative estimate of drug-likeness (QED) is 0.746. The second-order valence-corrected chi connectivity index (χ2v) is 6.36. The van der Waals surface area contributed by atoms with Crippen molar-refractivity contribution in [2.45, 2.75) is 32.7 Å². The van der Waals surface area contributed by atoms with Crippen LogP contribution in [0.5, 0.6) is 5.75 Å². The lowest BCUT2D eigenvalue weighted by Gasteiger charge is -2.14. The third kappa shape index (κ3) is 3.65. The summed E-state index contributed by atoms with van der Waals surface area (Å²) in [6, 6.07) is 12.9. The number of methoxy groups -OCH3 is 1. The largest absolute Gasteiger partial charge is 0.497 e. The highest BCUT2D eigenvalue weighted by atomic mass is 16.5. The third-order valence-corrected chi connectivity index (χ3v) is 4.12. The number of amides is 1. The minimum Gasteiger partial charge on any atom is -0.497 e. The molecule has 0 radical (unpaired) electrons. The monoisotopic (exact) mass is 338 g/mol. The molecule has 0 unspecified atom stereocenters. The number of fused-ring (bicyclic) bond motifs is 1. The minimum absolute atomic E-state index is 0.113. The molecular weight excluding hydrogens is 316 g/mol. The van der Waals surface area contributed by atoms with Crippen molar-refractivity contribution in [3.05, 3.63) is 59.5 Å². The van der Waals surface area contributed by atoms with Crippen molar-refractivity contribution in [1.29, 1.82) is 0 Å². The van der Waals surface area contributed by atoms with Gasteiger partial charge in [0.2, 0.25) is 0 Å². The van der Waals surface area contributed by atoms with Crippen LogP contribution in [0.15, 0.2) is 46.9 Å². The zero-order valence-corrected chi connectivity index (χ0v) is 14.9. The Labute approximate surface area is 147 Å². The first-order chi connectivity index (χ1) is 12.0. The summed E-state index contributed by atoms with van der Waals surface area (Å²) in [7, 11) is 1.63. The summed E-state index contributed by atoms with van der Waals surface area (Å²) in [6.45, 7) is 5.99. The predicted molar refractivity (Wildman–Crippen MR) is 97.0 cm³/mol. The summed E-state index contributed by atoms with van der Waals surface area (Å²) in [5, 5.41) is 3.01. The Morgan fingerprint density at radius 1 is 1.12 bits per heavy atom. The molecule has 0 saturated heterocycles. The topological polar surface area (TPSA) is 64.4 Å². The first kappa shape index (κ1) is 17.0. The number of carbonyl (C=O) groups is 1. The lowest BCUT2D eigenvalue weighted by molar-refractivity contribution is 0.0940. The molecule has 5 heteroatoms. The van der Waals surface area contributed by atoms with E-state index in [9.17, 15) is 4.79 Å². The van der Waals surface area contributed by atoms with Gasteiger partial charge in [0.1, 0.15) is 11.3 Å². The fourth-order valence-electron chi connectivity index (χ4n) is 2.59. The van der Waals surface area contributed by atoms with Crippen LogP contribution in [0, 0.1) is 0 Å². The van der Waals surface area contributed by atoms with E-state index in [0.29, 0.717) is 22.6 Å².